The zero-order valence-electron chi connectivity index (χ0n) is 17.9. The Kier molecular flexibility index (Phi) is 5.85. The molecule has 4 rings (SSSR count). The molecule has 1 saturated heterocycles. The van der Waals surface area contributed by atoms with Crippen molar-refractivity contribution >= 4 is 27.4 Å². The lowest BCUT2D eigenvalue weighted by atomic mass is 10.1. The molecule has 1 atom stereocenters. The fraction of sp³-hybridized carbons (Fsp3) is 0.476. The number of carbonyl (C=O) groups excluding carboxylic acids is 1. The first-order chi connectivity index (χ1) is 14.7. The predicted octanol–water partition coefficient (Wildman–Crippen LogP) is 2.33. The van der Waals surface area contributed by atoms with Gasteiger partial charge in [-0.05, 0) is 45.0 Å². The largest absolute Gasteiger partial charge is 0.377 e. The van der Waals surface area contributed by atoms with Gasteiger partial charge in [-0.2, -0.15) is 0 Å². The minimum Gasteiger partial charge on any atom is -0.377 e. The molecule has 1 unspecified atom stereocenters. The van der Waals surface area contributed by atoms with Gasteiger partial charge in [0.25, 0.3) is 0 Å². The molecule has 2 N–H and O–H groups in total. The Balaban J connectivity index is 1.66. The molecule has 1 fully saturated rings. The van der Waals surface area contributed by atoms with Crippen molar-refractivity contribution in [1.29, 1.82) is 0 Å². The van der Waals surface area contributed by atoms with Crippen LogP contribution in [0.2, 0.25) is 0 Å². The number of rotatable bonds is 4. The van der Waals surface area contributed by atoms with Crippen LogP contribution in [-0.4, -0.2) is 56.3 Å². The summed E-state index contributed by atoms with van der Waals surface area (Å²) in [5.41, 5.74) is 2.66. The molecule has 0 aliphatic carbocycles. The molecule has 1 aromatic carbocycles. The van der Waals surface area contributed by atoms with Gasteiger partial charge in [-0.25, -0.2) is 23.2 Å². The number of benzene rings is 1. The molecule has 2 aliphatic heterocycles. The van der Waals surface area contributed by atoms with Crippen molar-refractivity contribution < 1.29 is 17.9 Å². The van der Waals surface area contributed by atoms with Crippen LogP contribution in [0.4, 0.5) is 16.3 Å². The number of amides is 2. The van der Waals surface area contributed by atoms with Crippen LogP contribution in [0.1, 0.15) is 32.0 Å². The van der Waals surface area contributed by atoms with Gasteiger partial charge in [-0.1, -0.05) is 0 Å². The first-order valence-electron chi connectivity index (χ1n) is 10.3. The van der Waals surface area contributed by atoms with E-state index in [1.54, 1.807) is 12.1 Å². The molecule has 31 heavy (non-hydrogen) atoms. The molecule has 0 radical (unpaired) electrons. The second kappa shape index (κ2) is 8.43. The summed E-state index contributed by atoms with van der Waals surface area (Å²) < 4.78 is 30.2. The molecule has 1 aromatic heterocycles. The van der Waals surface area contributed by atoms with Crippen molar-refractivity contribution in [3.8, 4) is 11.4 Å². The third-order valence-electron chi connectivity index (χ3n) is 5.25. The van der Waals surface area contributed by atoms with Crippen molar-refractivity contribution in [3.05, 3.63) is 35.5 Å². The van der Waals surface area contributed by atoms with E-state index in [1.165, 1.54) is 0 Å². The molecule has 0 spiro atoms. The lowest BCUT2D eigenvalue weighted by molar-refractivity contribution is 0.0984. The maximum Gasteiger partial charge on any atom is 0.319 e. The van der Waals surface area contributed by atoms with E-state index in [1.807, 2.05) is 32.9 Å². The molecule has 3 heterocycles. The number of aromatic nitrogens is 2. The average Bonchev–Trinajstić information content (AvgIpc) is 3.01. The first-order valence-corrected chi connectivity index (χ1v) is 12.2. The number of fused-ring (bicyclic) bond motifs is 1. The van der Waals surface area contributed by atoms with Gasteiger partial charge in [-0.15, -0.1) is 0 Å². The minimum absolute atomic E-state index is 0.0319. The van der Waals surface area contributed by atoms with E-state index in [-0.39, 0.29) is 29.6 Å². The molecule has 2 aromatic rings. The summed E-state index contributed by atoms with van der Waals surface area (Å²) in [5, 5.41) is 5.55. The van der Waals surface area contributed by atoms with E-state index in [0.29, 0.717) is 48.3 Å². The van der Waals surface area contributed by atoms with Crippen LogP contribution in [-0.2, 0) is 26.1 Å². The van der Waals surface area contributed by atoms with Crippen LogP contribution in [0.5, 0.6) is 0 Å². The van der Waals surface area contributed by atoms with Crippen LogP contribution < -0.4 is 15.5 Å². The number of nitrogens with one attached hydrogen (secondary N) is 2. The van der Waals surface area contributed by atoms with E-state index in [4.69, 9.17) is 9.72 Å². The normalized spacial score (nSPS) is 19.9. The summed E-state index contributed by atoms with van der Waals surface area (Å²) in [6.07, 6.45) is 0. The maximum atomic E-state index is 12.3. The quantitative estimate of drug-likeness (QED) is 0.742. The highest BCUT2D eigenvalue weighted by atomic mass is 32.2. The van der Waals surface area contributed by atoms with Crippen molar-refractivity contribution in [2.45, 2.75) is 44.4 Å². The standard InChI is InChI=1S/C21H27N5O4S/c1-13(2)22-21(27)23-16-6-4-15(5-7-16)19-24-18-12-31(28,29)11-17(18)20(25-19)26-8-9-30-10-14(26)3/h4-7,13-14H,8-12H2,1-3H3,(H2,22,23,27). The predicted molar refractivity (Wildman–Crippen MR) is 119 cm³/mol. The van der Waals surface area contributed by atoms with Crippen LogP contribution in [0.25, 0.3) is 11.4 Å². The third-order valence-corrected chi connectivity index (χ3v) is 6.69. The van der Waals surface area contributed by atoms with E-state index >= 15 is 0 Å². The van der Waals surface area contributed by atoms with Gasteiger partial charge in [-0.3, -0.25) is 0 Å². The number of anilines is 2. The molecule has 9 nitrogen and oxygen atoms in total. The zero-order chi connectivity index (χ0) is 22.2. The third kappa shape index (κ3) is 4.80. The van der Waals surface area contributed by atoms with E-state index in [0.717, 1.165) is 5.56 Å². The lowest BCUT2D eigenvalue weighted by Gasteiger charge is -2.35. The number of nitrogens with zero attached hydrogens (tertiary/aromatic N) is 3. The number of hydrogen-bond acceptors (Lipinski definition) is 7. The van der Waals surface area contributed by atoms with Crippen molar-refractivity contribution in [2.24, 2.45) is 0 Å². The summed E-state index contributed by atoms with van der Waals surface area (Å²) in [6, 6.07) is 7.06. The molecular weight excluding hydrogens is 418 g/mol. The Morgan fingerprint density at radius 2 is 1.94 bits per heavy atom. The maximum absolute atomic E-state index is 12.3. The van der Waals surface area contributed by atoms with Gasteiger partial charge in [0.15, 0.2) is 15.7 Å². The summed E-state index contributed by atoms with van der Waals surface area (Å²) in [5.74, 6) is 1.05. The van der Waals surface area contributed by atoms with Gasteiger partial charge in [0.2, 0.25) is 0 Å². The monoisotopic (exact) mass is 445 g/mol. The number of morpholine rings is 1. The fourth-order valence-corrected chi connectivity index (χ4v) is 5.30. The van der Waals surface area contributed by atoms with Crippen LogP contribution >= 0.6 is 0 Å². The summed E-state index contributed by atoms with van der Waals surface area (Å²) in [4.78, 5) is 23.4. The molecular formula is C21H27N5O4S. The number of sulfone groups is 1. The number of urea groups is 1. The highest BCUT2D eigenvalue weighted by Gasteiger charge is 2.34. The Morgan fingerprint density at radius 3 is 2.61 bits per heavy atom. The van der Waals surface area contributed by atoms with Crippen molar-refractivity contribution in [3.63, 3.8) is 0 Å². The van der Waals surface area contributed by atoms with Gasteiger partial charge < -0.3 is 20.3 Å². The first kappa shape index (κ1) is 21.5. The number of hydrogen-bond donors (Lipinski definition) is 2. The molecule has 0 bridgehead atoms. The van der Waals surface area contributed by atoms with E-state index in [9.17, 15) is 13.2 Å². The summed E-state index contributed by atoms with van der Waals surface area (Å²) in [6.45, 7) is 7.61. The number of ether oxygens (including phenoxy) is 1. The Morgan fingerprint density at radius 1 is 1.19 bits per heavy atom. The lowest BCUT2D eigenvalue weighted by Crippen LogP contribution is -2.44. The van der Waals surface area contributed by atoms with Crippen LogP contribution in [0.3, 0.4) is 0 Å². The Hall–Kier alpha value is -2.72. The molecule has 166 valence electrons. The fourth-order valence-electron chi connectivity index (χ4n) is 3.80. The zero-order valence-corrected chi connectivity index (χ0v) is 18.7. The summed E-state index contributed by atoms with van der Waals surface area (Å²) >= 11 is 0. The van der Waals surface area contributed by atoms with Crippen LogP contribution in [0, 0.1) is 0 Å². The average molecular weight is 446 g/mol. The smallest absolute Gasteiger partial charge is 0.319 e. The van der Waals surface area contributed by atoms with Gasteiger partial charge in [0.05, 0.1) is 36.5 Å². The van der Waals surface area contributed by atoms with Gasteiger partial charge in [0, 0.05) is 29.4 Å². The van der Waals surface area contributed by atoms with Gasteiger partial charge >= 0.3 is 6.03 Å². The van der Waals surface area contributed by atoms with Crippen LogP contribution in [0.15, 0.2) is 24.3 Å². The molecule has 2 aliphatic rings. The topological polar surface area (TPSA) is 114 Å². The minimum atomic E-state index is -3.23. The highest BCUT2D eigenvalue weighted by Crippen LogP contribution is 2.34. The molecule has 2 amide bonds. The Labute approximate surface area is 182 Å². The summed E-state index contributed by atoms with van der Waals surface area (Å²) in [7, 11) is -3.23. The molecule has 0 saturated carbocycles. The second-order valence-electron chi connectivity index (χ2n) is 8.28. The van der Waals surface area contributed by atoms with E-state index < -0.39 is 9.84 Å². The number of carbonyl (C=O) groups is 1. The highest BCUT2D eigenvalue weighted by molar-refractivity contribution is 7.90. The SMILES string of the molecule is CC(C)NC(=O)Nc1ccc(-c2nc3c(c(N4CCOCC4C)n2)CS(=O)(=O)C3)cc1. The van der Waals surface area contributed by atoms with Crippen molar-refractivity contribution in [1.82, 2.24) is 15.3 Å². The molecule has 10 heteroatoms. The van der Waals surface area contributed by atoms with Crippen molar-refractivity contribution in [2.75, 3.05) is 30.0 Å². The second-order valence-corrected chi connectivity index (χ2v) is 10.3. The Bertz CT molecular complexity index is 1090. The van der Waals surface area contributed by atoms with E-state index in [2.05, 4.69) is 20.5 Å². The van der Waals surface area contributed by atoms with Gasteiger partial charge in [0.1, 0.15) is 5.82 Å².